The highest BCUT2D eigenvalue weighted by atomic mass is 19.1. The van der Waals surface area contributed by atoms with Crippen LogP contribution in [-0.2, 0) is 20.9 Å². The molecule has 0 saturated heterocycles. The van der Waals surface area contributed by atoms with E-state index in [2.05, 4.69) is 19.2 Å². The number of benzene rings is 2. The Bertz CT molecular complexity index is 1240. The van der Waals surface area contributed by atoms with Crippen molar-refractivity contribution in [1.82, 2.24) is 5.32 Å². The number of methoxy groups -OCH3 is 1. The van der Waals surface area contributed by atoms with Crippen molar-refractivity contribution < 1.29 is 28.2 Å². The first-order valence-corrected chi connectivity index (χ1v) is 12.1. The quantitative estimate of drug-likeness (QED) is 0.508. The Labute approximate surface area is 211 Å². The van der Waals surface area contributed by atoms with Gasteiger partial charge in [0.25, 0.3) is 0 Å². The van der Waals surface area contributed by atoms with Crippen molar-refractivity contribution in [2.75, 3.05) is 13.7 Å². The maximum absolute atomic E-state index is 13.4. The predicted molar refractivity (Wildman–Crippen MR) is 134 cm³/mol. The van der Waals surface area contributed by atoms with Gasteiger partial charge in [-0.2, -0.15) is 0 Å². The molecule has 1 aliphatic carbocycles. The number of dihydropyridines is 1. The van der Waals surface area contributed by atoms with E-state index in [9.17, 15) is 14.0 Å². The van der Waals surface area contributed by atoms with Crippen LogP contribution in [0.1, 0.15) is 57.6 Å². The zero-order chi connectivity index (χ0) is 26.0. The smallest absolute Gasteiger partial charge is 0.336 e. The molecule has 190 valence electrons. The highest BCUT2D eigenvalue weighted by molar-refractivity contribution is 6.04. The Kier molecular flexibility index (Phi) is 7.20. The van der Waals surface area contributed by atoms with E-state index >= 15 is 0 Å². The van der Waals surface area contributed by atoms with Gasteiger partial charge in [0.1, 0.15) is 12.4 Å². The van der Waals surface area contributed by atoms with E-state index in [-0.39, 0.29) is 30.2 Å². The summed E-state index contributed by atoms with van der Waals surface area (Å²) in [6.07, 6.45) is 1.10. The van der Waals surface area contributed by atoms with Crippen LogP contribution in [0.25, 0.3) is 0 Å². The highest BCUT2D eigenvalue weighted by Gasteiger charge is 2.43. The number of carbonyl (C=O) groups is 2. The third kappa shape index (κ3) is 5.15. The van der Waals surface area contributed by atoms with E-state index in [4.69, 9.17) is 14.2 Å². The average molecular weight is 494 g/mol. The topological polar surface area (TPSA) is 73.9 Å². The Hall–Kier alpha value is -3.61. The van der Waals surface area contributed by atoms with E-state index in [1.807, 2.05) is 13.0 Å². The SMILES string of the molecule is CCOC(=O)C1=C(C)NC2=C(C(=O)CC(C)(C)C2)C1c1ccc(OCc2ccc(F)cc2)c(OC)c1. The molecule has 0 spiro atoms. The van der Waals surface area contributed by atoms with Crippen LogP contribution in [-0.4, -0.2) is 25.5 Å². The number of halogens is 1. The lowest BCUT2D eigenvalue weighted by Crippen LogP contribution is -2.38. The maximum atomic E-state index is 13.4. The number of nitrogens with one attached hydrogen (secondary N) is 1. The second-order valence-electron chi connectivity index (χ2n) is 9.98. The molecule has 2 aromatic carbocycles. The summed E-state index contributed by atoms with van der Waals surface area (Å²) in [6, 6.07) is 11.5. The molecule has 0 aromatic heterocycles. The molecular weight excluding hydrogens is 461 g/mol. The molecule has 0 bridgehead atoms. The summed E-state index contributed by atoms with van der Waals surface area (Å²) in [7, 11) is 1.54. The minimum Gasteiger partial charge on any atom is -0.493 e. The largest absolute Gasteiger partial charge is 0.493 e. The molecule has 4 rings (SSSR count). The van der Waals surface area contributed by atoms with Gasteiger partial charge in [0, 0.05) is 29.3 Å². The lowest BCUT2D eigenvalue weighted by molar-refractivity contribution is -0.138. The van der Waals surface area contributed by atoms with E-state index < -0.39 is 11.9 Å². The highest BCUT2D eigenvalue weighted by Crippen LogP contribution is 2.48. The molecule has 1 heterocycles. The summed E-state index contributed by atoms with van der Waals surface area (Å²) >= 11 is 0. The molecule has 2 aromatic rings. The summed E-state index contributed by atoms with van der Waals surface area (Å²) < 4.78 is 30.2. The van der Waals surface area contributed by atoms with Crippen LogP contribution in [0.4, 0.5) is 4.39 Å². The van der Waals surface area contributed by atoms with Crippen LogP contribution >= 0.6 is 0 Å². The first-order chi connectivity index (χ1) is 17.1. The van der Waals surface area contributed by atoms with Crippen LogP contribution in [0.3, 0.4) is 0 Å². The average Bonchev–Trinajstić information content (AvgIpc) is 2.82. The minimum absolute atomic E-state index is 0.0173. The number of carbonyl (C=O) groups excluding carboxylic acids is 2. The molecule has 1 unspecified atom stereocenters. The summed E-state index contributed by atoms with van der Waals surface area (Å²) in [5, 5.41) is 3.33. The number of rotatable bonds is 7. The monoisotopic (exact) mass is 493 g/mol. The van der Waals surface area contributed by atoms with Gasteiger partial charge in [-0.25, -0.2) is 9.18 Å². The van der Waals surface area contributed by atoms with Crippen molar-refractivity contribution in [2.45, 2.75) is 53.1 Å². The fraction of sp³-hybridized carbons (Fsp3) is 0.379. The number of allylic oxidation sites excluding steroid dienone is 3. The molecule has 0 fully saturated rings. The number of hydrogen-bond donors (Lipinski definition) is 1. The van der Waals surface area contributed by atoms with Crippen molar-refractivity contribution in [2.24, 2.45) is 5.41 Å². The van der Waals surface area contributed by atoms with Crippen molar-refractivity contribution in [3.63, 3.8) is 0 Å². The predicted octanol–water partition coefficient (Wildman–Crippen LogP) is 5.58. The third-order valence-corrected chi connectivity index (χ3v) is 6.56. The molecule has 0 radical (unpaired) electrons. The van der Waals surface area contributed by atoms with Crippen molar-refractivity contribution in [1.29, 1.82) is 0 Å². The molecule has 2 aliphatic rings. The molecule has 1 atom stereocenters. The second-order valence-corrected chi connectivity index (χ2v) is 9.98. The number of hydrogen-bond acceptors (Lipinski definition) is 6. The first-order valence-electron chi connectivity index (χ1n) is 12.1. The molecule has 6 nitrogen and oxygen atoms in total. The zero-order valence-corrected chi connectivity index (χ0v) is 21.4. The Morgan fingerprint density at radius 3 is 2.50 bits per heavy atom. The van der Waals surface area contributed by atoms with Gasteiger partial charge in [0.15, 0.2) is 17.3 Å². The summed E-state index contributed by atoms with van der Waals surface area (Å²) in [5.41, 5.74) is 3.93. The van der Waals surface area contributed by atoms with Crippen LogP contribution in [0, 0.1) is 11.2 Å². The van der Waals surface area contributed by atoms with Gasteiger partial charge < -0.3 is 19.5 Å². The van der Waals surface area contributed by atoms with Gasteiger partial charge in [-0.3, -0.25) is 4.79 Å². The van der Waals surface area contributed by atoms with Gasteiger partial charge >= 0.3 is 5.97 Å². The fourth-order valence-corrected chi connectivity index (χ4v) is 4.97. The van der Waals surface area contributed by atoms with Crippen LogP contribution in [0.15, 0.2) is 65.0 Å². The number of esters is 1. The maximum Gasteiger partial charge on any atom is 0.336 e. The first kappa shape index (κ1) is 25.5. The fourth-order valence-electron chi connectivity index (χ4n) is 4.97. The number of Topliss-reactive ketones (excluding diaryl/α,β-unsaturated/α-hetero) is 1. The lowest BCUT2D eigenvalue weighted by atomic mass is 9.68. The second kappa shape index (κ2) is 10.2. The molecule has 1 N–H and O–H groups in total. The van der Waals surface area contributed by atoms with Crippen molar-refractivity contribution >= 4 is 11.8 Å². The summed E-state index contributed by atoms with van der Waals surface area (Å²) in [5.74, 6) is -0.347. The molecule has 0 amide bonds. The van der Waals surface area contributed by atoms with Gasteiger partial charge in [-0.15, -0.1) is 0 Å². The lowest BCUT2D eigenvalue weighted by Gasteiger charge is -2.39. The van der Waals surface area contributed by atoms with E-state index in [0.29, 0.717) is 41.2 Å². The Morgan fingerprint density at radius 2 is 1.83 bits per heavy atom. The normalized spacial score (nSPS) is 18.9. The third-order valence-electron chi connectivity index (χ3n) is 6.56. The summed E-state index contributed by atoms with van der Waals surface area (Å²) in [4.78, 5) is 26.5. The standard InChI is InChI=1S/C29H32FNO5/c1-6-35-28(33)25-17(2)31-21-14-29(3,4)15-22(32)27(21)26(25)19-9-12-23(24(13-19)34-5)36-16-18-7-10-20(30)11-8-18/h7-13,26,31H,6,14-16H2,1-5H3. The van der Waals surface area contributed by atoms with Crippen LogP contribution in [0.5, 0.6) is 11.5 Å². The van der Waals surface area contributed by atoms with Crippen LogP contribution in [0.2, 0.25) is 0 Å². The van der Waals surface area contributed by atoms with E-state index in [0.717, 1.165) is 16.8 Å². The van der Waals surface area contributed by atoms with Crippen molar-refractivity contribution in [3.8, 4) is 11.5 Å². The Morgan fingerprint density at radius 1 is 1.11 bits per heavy atom. The van der Waals surface area contributed by atoms with E-state index in [1.54, 1.807) is 38.3 Å². The van der Waals surface area contributed by atoms with Crippen molar-refractivity contribution in [3.05, 3.63) is 81.9 Å². The molecular formula is C29H32FNO5. The van der Waals surface area contributed by atoms with Gasteiger partial charge in [0.2, 0.25) is 0 Å². The van der Waals surface area contributed by atoms with Crippen LogP contribution < -0.4 is 14.8 Å². The van der Waals surface area contributed by atoms with Gasteiger partial charge in [0.05, 0.1) is 19.3 Å². The number of ketones is 1. The Balaban J connectivity index is 1.73. The van der Waals surface area contributed by atoms with E-state index in [1.165, 1.54) is 12.1 Å². The minimum atomic E-state index is -0.580. The van der Waals surface area contributed by atoms with Gasteiger partial charge in [-0.1, -0.05) is 32.0 Å². The molecule has 1 aliphatic heterocycles. The summed E-state index contributed by atoms with van der Waals surface area (Å²) in [6.45, 7) is 8.21. The molecule has 0 saturated carbocycles. The molecule has 7 heteroatoms. The number of ether oxygens (including phenoxy) is 3. The van der Waals surface area contributed by atoms with Gasteiger partial charge in [-0.05, 0) is 61.1 Å². The zero-order valence-electron chi connectivity index (χ0n) is 21.4. The molecule has 36 heavy (non-hydrogen) atoms.